The van der Waals surface area contributed by atoms with E-state index in [1.54, 1.807) is 0 Å². The normalized spacial score (nSPS) is 21.1. The Kier molecular flexibility index (Phi) is 3.88. The third-order valence-electron chi connectivity index (χ3n) is 1.69. The lowest BCUT2D eigenvalue weighted by atomic mass is 10.2. The van der Waals surface area contributed by atoms with Crippen molar-refractivity contribution in [3.8, 4) is 0 Å². The number of hydrogen-bond donors (Lipinski definition) is 0. The Morgan fingerprint density at radius 2 is 2.00 bits per heavy atom. The van der Waals surface area contributed by atoms with Crippen LogP contribution in [0.25, 0.3) is 0 Å². The molecule has 1 aliphatic heterocycles. The SMILES string of the molecule is CC(C)S(=O)N=C1CCOCC1. The zero-order valence-electron chi connectivity index (χ0n) is 7.58. The minimum absolute atomic E-state index is 0.125. The molecule has 1 unspecified atom stereocenters. The topological polar surface area (TPSA) is 38.7 Å². The molecule has 0 bridgehead atoms. The van der Waals surface area contributed by atoms with Crippen LogP contribution < -0.4 is 0 Å². The highest BCUT2D eigenvalue weighted by Crippen LogP contribution is 2.06. The van der Waals surface area contributed by atoms with E-state index in [-0.39, 0.29) is 5.25 Å². The van der Waals surface area contributed by atoms with Gasteiger partial charge in [0.2, 0.25) is 0 Å². The Morgan fingerprint density at radius 1 is 1.42 bits per heavy atom. The molecule has 0 N–H and O–H groups in total. The van der Waals surface area contributed by atoms with Crippen molar-refractivity contribution in [2.75, 3.05) is 13.2 Å². The molecule has 1 rings (SSSR count). The Hall–Kier alpha value is -0.220. The van der Waals surface area contributed by atoms with Crippen molar-refractivity contribution in [3.05, 3.63) is 0 Å². The number of nitrogens with zero attached hydrogens (tertiary/aromatic N) is 1. The first kappa shape index (κ1) is 9.86. The fourth-order valence-corrected chi connectivity index (χ4v) is 1.58. The molecule has 0 spiro atoms. The summed E-state index contributed by atoms with van der Waals surface area (Å²) in [4.78, 5) is 0. The third kappa shape index (κ3) is 3.03. The quantitative estimate of drug-likeness (QED) is 0.657. The van der Waals surface area contributed by atoms with E-state index >= 15 is 0 Å². The van der Waals surface area contributed by atoms with Gasteiger partial charge in [0.15, 0.2) is 0 Å². The van der Waals surface area contributed by atoms with Crippen LogP contribution in [0.4, 0.5) is 0 Å². The predicted octanol–water partition coefficient (Wildman–Crippen LogP) is 1.31. The number of hydrogen-bond acceptors (Lipinski definition) is 2. The van der Waals surface area contributed by atoms with Crippen molar-refractivity contribution in [3.63, 3.8) is 0 Å². The van der Waals surface area contributed by atoms with E-state index in [0.717, 1.165) is 31.8 Å². The molecule has 1 heterocycles. The Bertz CT molecular complexity index is 193. The Balaban J connectivity index is 2.48. The molecule has 70 valence electrons. The largest absolute Gasteiger partial charge is 0.381 e. The molecule has 0 aromatic rings. The van der Waals surface area contributed by atoms with Crippen LogP contribution in [0, 0.1) is 0 Å². The zero-order valence-corrected chi connectivity index (χ0v) is 8.39. The van der Waals surface area contributed by atoms with E-state index in [1.807, 2.05) is 13.8 Å². The summed E-state index contributed by atoms with van der Waals surface area (Å²) < 4.78 is 20.6. The lowest BCUT2D eigenvalue weighted by Crippen LogP contribution is -2.17. The van der Waals surface area contributed by atoms with Crippen LogP contribution in [0.1, 0.15) is 26.7 Å². The number of rotatable bonds is 2. The number of ether oxygens (including phenoxy) is 1. The molecular weight excluding hydrogens is 174 g/mol. The monoisotopic (exact) mass is 189 g/mol. The summed E-state index contributed by atoms with van der Waals surface area (Å²) in [6, 6.07) is 0. The van der Waals surface area contributed by atoms with Gasteiger partial charge in [-0.1, -0.05) is 0 Å². The van der Waals surface area contributed by atoms with E-state index in [9.17, 15) is 4.21 Å². The van der Waals surface area contributed by atoms with Gasteiger partial charge in [0.05, 0.1) is 18.5 Å². The lowest BCUT2D eigenvalue weighted by molar-refractivity contribution is 0.135. The van der Waals surface area contributed by atoms with E-state index < -0.39 is 11.0 Å². The molecule has 1 aliphatic rings. The second-order valence-corrected chi connectivity index (χ2v) is 4.77. The van der Waals surface area contributed by atoms with Gasteiger partial charge in [-0.3, -0.25) is 0 Å². The van der Waals surface area contributed by atoms with Gasteiger partial charge in [0.25, 0.3) is 0 Å². The van der Waals surface area contributed by atoms with Crippen LogP contribution in [-0.4, -0.2) is 28.4 Å². The molecular formula is C8H15NO2S. The molecule has 0 aromatic carbocycles. The second-order valence-electron chi connectivity index (χ2n) is 3.09. The van der Waals surface area contributed by atoms with E-state index in [0.29, 0.717) is 0 Å². The highest BCUT2D eigenvalue weighted by Gasteiger charge is 2.10. The Morgan fingerprint density at radius 3 is 2.50 bits per heavy atom. The van der Waals surface area contributed by atoms with E-state index in [1.165, 1.54) is 0 Å². The van der Waals surface area contributed by atoms with Crippen LogP contribution in [0.15, 0.2) is 4.40 Å². The minimum Gasteiger partial charge on any atom is -0.381 e. The highest BCUT2D eigenvalue weighted by molar-refractivity contribution is 7.84. The van der Waals surface area contributed by atoms with Crippen LogP contribution in [0.3, 0.4) is 0 Å². The van der Waals surface area contributed by atoms with Crippen molar-refractivity contribution < 1.29 is 8.95 Å². The maximum atomic E-state index is 11.3. The van der Waals surface area contributed by atoms with Gasteiger partial charge in [0.1, 0.15) is 11.0 Å². The summed E-state index contributed by atoms with van der Waals surface area (Å²) in [5.41, 5.74) is 1.05. The standard InChI is InChI=1S/C8H15NO2S/c1-7(2)12(10)9-8-3-5-11-6-4-8/h7H,3-6H2,1-2H3. The average Bonchev–Trinajstić information content (AvgIpc) is 2.06. The maximum absolute atomic E-state index is 11.3. The highest BCUT2D eigenvalue weighted by atomic mass is 32.2. The average molecular weight is 189 g/mol. The van der Waals surface area contributed by atoms with E-state index in [4.69, 9.17) is 4.74 Å². The predicted molar refractivity (Wildman–Crippen MR) is 50.8 cm³/mol. The van der Waals surface area contributed by atoms with Crippen LogP contribution >= 0.6 is 0 Å². The summed E-state index contributed by atoms with van der Waals surface area (Å²) >= 11 is 0. The van der Waals surface area contributed by atoms with Crippen molar-refractivity contribution in [1.82, 2.24) is 0 Å². The lowest BCUT2D eigenvalue weighted by Gasteiger charge is -2.13. The van der Waals surface area contributed by atoms with Crippen molar-refractivity contribution >= 4 is 16.7 Å². The summed E-state index contributed by atoms with van der Waals surface area (Å²) in [6.07, 6.45) is 1.69. The van der Waals surface area contributed by atoms with Gasteiger partial charge in [0, 0.05) is 18.6 Å². The molecule has 4 heteroatoms. The summed E-state index contributed by atoms with van der Waals surface area (Å²) in [6.45, 7) is 5.29. The summed E-state index contributed by atoms with van der Waals surface area (Å²) in [5, 5.41) is 0.125. The summed E-state index contributed by atoms with van der Waals surface area (Å²) in [5.74, 6) is 0. The molecule has 0 saturated carbocycles. The van der Waals surface area contributed by atoms with Gasteiger partial charge in [-0.15, -0.1) is 0 Å². The van der Waals surface area contributed by atoms with Gasteiger partial charge in [-0.05, 0) is 13.8 Å². The molecule has 12 heavy (non-hydrogen) atoms. The Labute approximate surface area is 75.8 Å². The van der Waals surface area contributed by atoms with Crippen LogP contribution in [-0.2, 0) is 15.7 Å². The van der Waals surface area contributed by atoms with Crippen molar-refractivity contribution in [2.24, 2.45) is 4.40 Å². The van der Waals surface area contributed by atoms with Gasteiger partial charge < -0.3 is 4.74 Å². The molecule has 0 radical (unpaired) electrons. The smallest absolute Gasteiger partial charge is 0.141 e. The van der Waals surface area contributed by atoms with Gasteiger partial charge >= 0.3 is 0 Å². The molecule has 0 amide bonds. The molecule has 0 aromatic heterocycles. The van der Waals surface area contributed by atoms with Crippen LogP contribution in [0.2, 0.25) is 0 Å². The molecule has 0 aliphatic carbocycles. The first-order valence-electron chi connectivity index (χ1n) is 4.25. The fraction of sp³-hybridized carbons (Fsp3) is 0.875. The van der Waals surface area contributed by atoms with Crippen molar-refractivity contribution in [2.45, 2.75) is 31.9 Å². The summed E-state index contributed by atoms with van der Waals surface area (Å²) in [7, 11) is -1.04. The molecule has 1 saturated heterocycles. The van der Waals surface area contributed by atoms with Crippen molar-refractivity contribution in [1.29, 1.82) is 0 Å². The third-order valence-corrected chi connectivity index (χ3v) is 2.94. The fourth-order valence-electron chi connectivity index (χ4n) is 0.931. The van der Waals surface area contributed by atoms with Gasteiger partial charge in [-0.25, -0.2) is 4.21 Å². The molecule has 1 fully saturated rings. The first-order chi connectivity index (χ1) is 5.70. The first-order valence-corrected chi connectivity index (χ1v) is 5.42. The van der Waals surface area contributed by atoms with Crippen LogP contribution in [0.5, 0.6) is 0 Å². The van der Waals surface area contributed by atoms with Gasteiger partial charge in [-0.2, -0.15) is 4.40 Å². The molecule has 1 atom stereocenters. The molecule has 3 nitrogen and oxygen atoms in total. The maximum Gasteiger partial charge on any atom is 0.141 e. The minimum atomic E-state index is -1.04. The second kappa shape index (κ2) is 4.72. The van der Waals surface area contributed by atoms with E-state index in [2.05, 4.69) is 4.40 Å². The zero-order chi connectivity index (χ0) is 8.97.